The molecule has 2 aromatic rings. The quantitative estimate of drug-likeness (QED) is 0.574. The van der Waals surface area contributed by atoms with Crippen molar-refractivity contribution in [1.29, 1.82) is 0 Å². The number of benzene rings is 2. The predicted octanol–water partition coefficient (Wildman–Crippen LogP) is 6.27. The molecule has 1 aliphatic rings. The molecule has 0 amide bonds. The molecule has 1 heterocycles. The Morgan fingerprint density at radius 2 is 1.50 bits per heavy atom. The highest BCUT2D eigenvalue weighted by molar-refractivity contribution is 6.30. The molecular weight excluding hydrogens is 314 g/mol. The number of hydrogen-bond donors (Lipinski definition) is 0. The van der Waals surface area contributed by atoms with Crippen molar-refractivity contribution in [2.24, 2.45) is 5.92 Å². The summed E-state index contributed by atoms with van der Waals surface area (Å²) in [6.07, 6.45) is 3.77. The second-order valence-corrected chi connectivity index (χ2v) is 7.92. The summed E-state index contributed by atoms with van der Waals surface area (Å²) in [5.74, 6) is 1.39. The van der Waals surface area contributed by atoms with Crippen LogP contribution in [-0.2, 0) is 13.1 Å². The van der Waals surface area contributed by atoms with Crippen molar-refractivity contribution in [3.8, 4) is 0 Å². The Bertz CT molecular complexity index is 622. The molecule has 1 nitrogen and oxygen atoms in total. The third-order valence-corrected chi connectivity index (χ3v) is 5.39. The summed E-state index contributed by atoms with van der Waals surface area (Å²) < 4.78 is 0. The first-order valence-electron chi connectivity index (χ1n) is 9.16. The van der Waals surface area contributed by atoms with Gasteiger partial charge in [0, 0.05) is 18.1 Å². The van der Waals surface area contributed by atoms with E-state index in [2.05, 4.69) is 55.1 Å². The molecule has 1 atom stereocenters. The fourth-order valence-electron chi connectivity index (χ4n) is 3.65. The van der Waals surface area contributed by atoms with E-state index in [9.17, 15) is 0 Å². The third kappa shape index (κ3) is 4.62. The van der Waals surface area contributed by atoms with Crippen molar-refractivity contribution < 1.29 is 0 Å². The van der Waals surface area contributed by atoms with Crippen LogP contribution in [0.15, 0.2) is 48.5 Å². The standard InChI is InChI=1S/C22H28ClN/c1-17(2)7-8-19(18-9-11-22(23)12-10-18)13-14-24-15-20-5-3-4-6-21(20)16-24/h3-6,9-12,17,19H,7-8,13-16H2,1-2H3/t19-/m0/s1. The Balaban J connectivity index is 1.61. The molecule has 0 fully saturated rings. The van der Waals surface area contributed by atoms with Gasteiger partial charge in [0.2, 0.25) is 0 Å². The number of hydrogen-bond acceptors (Lipinski definition) is 1. The number of fused-ring (bicyclic) bond motifs is 1. The molecule has 0 saturated carbocycles. The van der Waals surface area contributed by atoms with Crippen LogP contribution in [0.2, 0.25) is 5.02 Å². The van der Waals surface area contributed by atoms with E-state index in [-0.39, 0.29) is 0 Å². The molecule has 2 heteroatoms. The lowest BCUT2D eigenvalue weighted by atomic mass is 9.88. The first-order valence-corrected chi connectivity index (χ1v) is 9.54. The van der Waals surface area contributed by atoms with Crippen molar-refractivity contribution in [1.82, 2.24) is 4.90 Å². The van der Waals surface area contributed by atoms with Gasteiger partial charge in [-0.15, -0.1) is 0 Å². The van der Waals surface area contributed by atoms with Gasteiger partial charge in [-0.1, -0.05) is 68.3 Å². The van der Waals surface area contributed by atoms with E-state index in [4.69, 9.17) is 11.6 Å². The lowest BCUT2D eigenvalue weighted by molar-refractivity contribution is 0.267. The van der Waals surface area contributed by atoms with Gasteiger partial charge in [0.05, 0.1) is 0 Å². The summed E-state index contributed by atoms with van der Waals surface area (Å²) in [6, 6.07) is 17.3. The van der Waals surface area contributed by atoms with E-state index in [0.29, 0.717) is 5.92 Å². The van der Waals surface area contributed by atoms with Crippen LogP contribution in [0.5, 0.6) is 0 Å². The van der Waals surface area contributed by atoms with Crippen molar-refractivity contribution in [2.75, 3.05) is 6.54 Å². The molecule has 0 radical (unpaired) electrons. The zero-order valence-corrected chi connectivity index (χ0v) is 15.6. The smallest absolute Gasteiger partial charge is 0.0406 e. The Kier molecular flexibility index (Phi) is 5.97. The maximum Gasteiger partial charge on any atom is 0.0406 e. The second kappa shape index (κ2) is 8.18. The fraction of sp³-hybridized carbons (Fsp3) is 0.455. The van der Waals surface area contributed by atoms with Gasteiger partial charge in [0.1, 0.15) is 0 Å². The third-order valence-electron chi connectivity index (χ3n) is 5.13. The van der Waals surface area contributed by atoms with Crippen LogP contribution in [0.3, 0.4) is 0 Å². The average molecular weight is 342 g/mol. The Morgan fingerprint density at radius 3 is 2.08 bits per heavy atom. The van der Waals surface area contributed by atoms with E-state index < -0.39 is 0 Å². The molecule has 0 spiro atoms. The maximum absolute atomic E-state index is 6.07. The first kappa shape index (κ1) is 17.5. The topological polar surface area (TPSA) is 3.24 Å². The number of rotatable bonds is 7. The summed E-state index contributed by atoms with van der Waals surface area (Å²) in [4.78, 5) is 2.59. The van der Waals surface area contributed by atoms with Gasteiger partial charge in [0.15, 0.2) is 0 Å². The lowest BCUT2D eigenvalue weighted by Crippen LogP contribution is -2.20. The molecule has 128 valence electrons. The van der Waals surface area contributed by atoms with Crippen LogP contribution >= 0.6 is 11.6 Å². The minimum Gasteiger partial charge on any atom is -0.295 e. The van der Waals surface area contributed by atoms with E-state index in [1.807, 2.05) is 12.1 Å². The highest BCUT2D eigenvalue weighted by Gasteiger charge is 2.20. The van der Waals surface area contributed by atoms with Gasteiger partial charge in [-0.05, 0) is 60.0 Å². The average Bonchev–Trinajstić information content (AvgIpc) is 2.98. The van der Waals surface area contributed by atoms with E-state index in [0.717, 1.165) is 24.0 Å². The van der Waals surface area contributed by atoms with E-state index in [1.165, 1.54) is 42.5 Å². The maximum atomic E-state index is 6.07. The molecule has 1 aliphatic heterocycles. The molecule has 0 N–H and O–H groups in total. The minimum absolute atomic E-state index is 0.633. The van der Waals surface area contributed by atoms with Crippen LogP contribution in [0, 0.1) is 5.92 Å². The molecule has 0 bridgehead atoms. The second-order valence-electron chi connectivity index (χ2n) is 7.49. The predicted molar refractivity (Wildman–Crippen MR) is 103 cm³/mol. The molecule has 0 saturated heterocycles. The molecule has 2 aromatic carbocycles. The van der Waals surface area contributed by atoms with Crippen LogP contribution in [0.1, 0.15) is 55.7 Å². The Labute approximate surface area is 151 Å². The van der Waals surface area contributed by atoms with E-state index >= 15 is 0 Å². The fourth-order valence-corrected chi connectivity index (χ4v) is 3.77. The van der Waals surface area contributed by atoms with Crippen molar-refractivity contribution in [3.63, 3.8) is 0 Å². The summed E-state index contributed by atoms with van der Waals surface area (Å²) in [7, 11) is 0. The van der Waals surface area contributed by atoms with Crippen molar-refractivity contribution in [3.05, 3.63) is 70.2 Å². The molecule has 0 aliphatic carbocycles. The van der Waals surface area contributed by atoms with Gasteiger partial charge in [0.25, 0.3) is 0 Å². The first-order chi connectivity index (χ1) is 11.6. The molecular formula is C22H28ClN. The number of nitrogens with zero attached hydrogens (tertiary/aromatic N) is 1. The van der Waals surface area contributed by atoms with Gasteiger partial charge >= 0.3 is 0 Å². The highest BCUT2D eigenvalue weighted by Crippen LogP contribution is 2.30. The largest absolute Gasteiger partial charge is 0.295 e. The normalized spacial score (nSPS) is 15.7. The summed E-state index contributed by atoms with van der Waals surface area (Å²) in [5, 5.41) is 0.830. The van der Waals surface area contributed by atoms with Gasteiger partial charge in [-0.3, -0.25) is 4.90 Å². The van der Waals surface area contributed by atoms with Crippen LogP contribution < -0.4 is 0 Å². The number of halogens is 1. The van der Waals surface area contributed by atoms with Crippen LogP contribution in [0.25, 0.3) is 0 Å². The monoisotopic (exact) mass is 341 g/mol. The van der Waals surface area contributed by atoms with Crippen molar-refractivity contribution >= 4 is 11.6 Å². The molecule has 0 unspecified atom stereocenters. The Morgan fingerprint density at radius 1 is 0.875 bits per heavy atom. The van der Waals surface area contributed by atoms with Gasteiger partial charge in [-0.2, -0.15) is 0 Å². The van der Waals surface area contributed by atoms with Crippen molar-refractivity contribution in [2.45, 2.75) is 52.1 Å². The zero-order valence-electron chi connectivity index (χ0n) is 14.8. The van der Waals surface area contributed by atoms with E-state index in [1.54, 1.807) is 0 Å². The summed E-state index contributed by atoms with van der Waals surface area (Å²) in [6.45, 7) is 8.01. The Hall–Kier alpha value is -1.31. The lowest BCUT2D eigenvalue weighted by Gasteiger charge is -2.22. The van der Waals surface area contributed by atoms with Crippen LogP contribution in [-0.4, -0.2) is 11.4 Å². The highest BCUT2D eigenvalue weighted by atomic mass is 35.5. The van der Waals surface area contributed by atoms with Crippen LogP contribution in [0.4, 0.5) is 0 Å². The molecule has 24 heavy (non-hydrogen) atoms. The molecule has 3 rings (SSSR count). The van der Waals surface area contributed by atoms with Gasteiger partial charge in [-0.25, -0.2) is 0 Å². The zero-order chi connectivity index (χ0) is 16.9. The minimum atomic E-state index is 0.633. The molecule has 0 aromatic heterocycles. The summed E-state index contributed by atoms with van der Waals surface area (Å²) >= 11 is 6.07. The van der Waals surface area contributed by atoms with Gasteiger partial charge < -0.3 is 0 Å². The SMILES string of the molecule is CC(C)CC[C@@H](CCN1Cc2ccccc2C1)c1ccc(Cl)cc1. The summed E-state index contributed by atoms with van der Waals surface area (Å²) in [5.41, 5.74) is 4.45.